The fourth-order valence-corrected chi connectivity index (χ4v) is 5.55. The zero-order chi connectivity index (χ0) is 27.2. The maximum Gasteiger partial charge on any atom is 0.257 e. The lowest BCUT2D eigenvalue weighted by atomic mass is 9.89. The molecule has 0 bridgehead atoms. The average Bonchev–Trinajstić information content (AvgIpc) is 3.35. The van der Waals surface area contributed by atoms with E-state index < -0.39 is 34.7 Å². The molecule has 9 nitrogen and oxygen atoms in total. The van der Waals surface area contributed by atoms with Crippen molar-refractivity contribution in [3.8, 4) is 28.5 Å². The van der Waals surface area contributed by atoms with Crippen LogP contribution in [0.2, 0.25) is 0 Å². The number of phenols is 1. The van der Waals surface area contributed by atoms with Gasteiger partial charge in [-0.1, -0.05) is 24.3 Å². The predicted octanol–water partition coefficient (Wildman–Crippen LogP) is 3.28. The first-order valence-electron chi connectivity index (χ1n) is 12.1. The number of hydrogen-bond donors (Lipinski definition) is 4. The first kappa shape index (κ1) is 25.9. The Morgan fingerprint density at radius 1 is 1.13 bits per heavy atom. The minimum Gasteiger partial charge on any atom is -0.507 e. The quantitative estimate of drug-likeness (QED) is 0.361. The molecular weight excluding hydrogens is 508 g/mol. The summed E-state index contributed by atoms with van der Waals surface area (Å²) in [4.78, 5) is 16.3. The summed E-state index contributed by atoms with van der Waals surface area (Å²) < 4.78 is 26.0. The van der Waals surface area contributed by atoms with Crippen molar-refractivity contribution in [2.24, 2.45) is 0 Å². The van der Waals surface area contributed by atoms with Crippen molar-refractivity contribution in [2.75, 3.05) is 6.61 Å². The van der Waals surface area contributed by atoms with Gasteiger partial charge in [0.15, 0.2) is 11.0 Å². The maximum absolute atomic E-state index is 12.1. The number of hydrogen-bond acceptors (Lipinski definition) is 8. The molecule has 2 aromatic carbocycles. The Balaban J connectivity index is 1.44. The number of phenolic OH excluding ortho intramolecular Hbond substituents is 1. The van der Waals surface area contributed by atoms with Gasteiger partial charge in [-0.25, -0.2) is 9.19 Å². The van der Waals surface area contributed by atoms with Gasteiger partial charge in [0.05, 0.1) is 23.0 Å². The van der Waals surface area contributed by atoms with Crippen molar-refractivity contribution in [1.29, 1.82) is 0 Å². The summed E-state index contributed by atoms with van der Waals surface area (Å²) in [6.07, 6.45) is 0.465. The third kappa shape index (κ3) is 5.02. The van der Waals surface area contributed by atoms with Gasteiger partial charge in [-0.15, -0.1) is 0 Å². The second-order valence-electron chi connectivity index (χ2n) is 9.92. The van der Waals surface area contributed by atoms with Crippen LogP contribution in [0.1, 0.15) is 48.6 Å². The van der Waals surface area contributed by atoms with Gasteiger partial charge in [0.2, 0.25) is 12.2 Å². The number of rotatable bonds is 7. The molecule has 3 unspecified atom stereocenters. The number of fused-ring (bicyclic) bond motifs is 1. The molecule has 0 saturated carbocycles. The van der Waals surface area contributed by atoms with Gasteiger partial charge in [0.25, 0.3) is 5.91 Å². The van der Waals surface area contributed by atoms with E-state index in [0.29, 0.717) is 35.9 Å². The van der Waals surface area contributed by atoms with Crippen molar-refractivity contribution in [1.82, 2.24) is 9.71 Å². The number of para-hydroxylation sites is 1. The third-order valence-corrected chi connectivity index (χ3v) is 7.64. The predicted molar refractivity (Wildman–Crippen MR) is 142 cm³/mol. The number of aromatic hydroxyl groups is 1. The normalized spacial score (nSPS) is 20.5. The van der Waals surface area contributed by atoms with Crippen LogP contribution in [0.3, 0.4) is 0 Å². The van der Waals surface area contributed by atoms with Crippen LogP contribution in [0.15, 0.2) is 54.6 Å². The van der Waals surface area contributed by atoms with Crippen LogP contribution in [0.25, 0.3) is 16.0 Å². The largest absolute Gasteiger partial charge is 0.507 e. The standard InChI is InChI=1S/C28H28N2O7S/c1-15-17(9-10-24(29-15)36-12-11-28(2,3)34)18-5-4-6-20-25(27(33)37-26(18)20)16-7-8-19(21(31)13-16)22-14-23(32)30-38(22)35/h4-10,13-14,25,27,31,33-34H,11-12H2,1-3H3,(H,30,32). The van der Waals surface area contributed by atoms with Crippen LogP contribution in [-0.4, -0.2) is 48.9 Å². The molecule has 3 atom stereocenters. The molecular formula is C28H28N2O7S. The molecule has 2 aliphatic heterocycles. The van der Waals surface area contributed by atoms with Gasteiger partial charge in [-0.2, -0.15) is 0 Å². The first-order valence-corrected chi connectivity index (χ1v) is 13.2. The monoisotopic (exact) mass is 536 g/mol. The summed E-state index contributed by atoms with van der Waals surface area (Å²) in [5, 5.41) is 31.4. The van der Waals surface area contributed by atoms with E-state index in [-0.39, 0.29) is 16.2 Å². The van der Waals surface area contributed by atoms with E-state index in [1.807, 2.05) is 31.2 Å². The Morgan fingerprint density at radius 2 is 1.89 bits per heavy atom. The number of aromatic nitrogens is 1. The van der Waals surface area contributed by atoms with Gasteiger partial charge in [-0.05, 0) is 44.5 Å². The van der Waals surface area contributed by atoms with Gasteiger partial charge < -0.3 is 24.8 Å². The molecule has 0 saturated heterocycles. The number of carbonyl (C=O) groups is 1. The van der Waals surface area contributed by atoms with Crippen LogP contribution in [0, 0.1) is 6.92 Å². The minimum atomic E-state index is -1.74. The van der Waals surface area contributed by atoms with E-state index in [4.69, 9.17) is 9.47 Å². The summed E-state index contributed by atoms with van der Waals surface area (Å²) in [6.45, 7) is 5.64. The number of nitrogens with zero attached hydrogens (tertiary/aromatic N) is 1. The Labute approximate surface area is 222 Å². The van der Waals surface area contributed by atoms with Gasteiger partial charge in [0, 0.05) is 46.5 Å². The number of ether oxygens (including phenoxy) is 2. The molecule has 0 aliphatic carbocycles. The summed E-state index contributed by atoms with van der Waals surface area (Å²) in [5.41, 5.74) is 3.08. The molecule has 10 heteroatoms. The molecule has 198 valence electrons. The molecule has 38 heavy (non-hydrogen) atoms. The smallest absolute Gasteiger partial charge is 0.257 e. The second kappa shape index (κ2) is 9.86. The van der Waals surface area contributed by atoms with E-state index >= 15 is 0 Å². The number of amides is 1. The second-order valence-corrected chi connectivity index (χ2v) is 11.1. The van der Waals surface area contributed by atoms with Gasteiger partial charge in [-0.3, -0.25) is 9.52 Å². The number of aliphatic hydroxyl groups excluding tert-OH is 1. The number of carbonyl (C=O) groups excluding carboxylic acids is 1. The van der Waals surface area contributed by atoms with Crippen LogP contribution < -0.4 is 14.2 Å². The van der Waals surface area contributed by atoms with Gasteiger partial charge >= 0.3 is 0 Å². The Morgan fingerprint density at radius 3 is 2.55 bits per heavy atom. The fourth-order valence-electron chi connectivity index (χ4n) is 4.61. The van der Waals surface area contributed by atoms with Crippen LogP contribution in [0.5, 0.6) is 17.4 Å². The zero-order valence-electron chi connectivity index (χ0n) is 21.1. The van der Waals surface area contributed by atoms with Crippen LogP contribution in [-0.2, 0) is 15.8 Å². The van der Waals surface area contributed by atoms with Crippen molar-refractivity contribution < 1.29 is 33.8 Å². The molecule has 0 spiro atoms. The van der Waals surface area contributed by atoms with E-state index in [1.54, 1.807) is 32.0 Å². The topological polar surface area (TPSA) is 138 Å². The molecule has 1 aromatic heterocycles. The maximum atomic E-state index is 12.1. The molecule has 3 aromatic rings. The summed E-state index contributed by atoms with van der Waals surface area (Å²) in [6, 6.07) is 14.0. The highest BCUT2D eigenvalue weighted by atomic mass is 32.2. The van der Waals surface area contributed by atoms with Crippen molar-refractivity contribution >= 4 is 21.8 Å². The van der Waals surface area contributed by atoms with E-state index in [2.05, 4.69) is 9.71 Å². The highest BCUT2D eigenvalue weighted by Crippen LogP contribution is 2.48. The highest BCUT2D eigenvalue weighted by Gasteiger charge is 2.37. The Hall–Kier alpha value is -3.73. The van der Waals surface area contributed by atoms with Crippen molar-refractivity contribution in [2.45, 2.75) is 45.0 Å². The highest BCUT2D eigenvalue weighted by molar-refractivity contribution is 7.94. The summed E-state index contributed by atoms with van der Waals surface area (Å²) >= 11 is 0. The molecule has 3 heterocycles. The summed E-state index contributed by atoms with van der Waals surface area (Å²) in [5.74, 6) is -0.251. The Bertz CT molecular complexity index is 1480. The number of pyridine rings is 1. The molecule has 4 N–H and O–H groups in total. The lowest BCUT2D eigenvalue weighted by Crippen LogP contribution is -2.22. The van der Waals surface area contributed by atoms with Crippen molar-refractivity contribution in [3.05, 3.63) is 77.0 Å². The number of aryl methyl sites for hydroxylation is 1. The van der Waals surface area contributed by atoms with E-state index in [1.165, 1.54) is 12.1 Å². The lowest BCUT2D eigenvalue weighted by molar-refractivity contribution is -0.114. The van der Waals surface area contributed by atoms with Crippen molar-refractivity contribution in [3.63, 3.8) is 0 Å². The van der Waals surface area contributed by atoms with E-state index in [0.717, 1.165) is 16.7 Å². The van der Waals surface area contributed by atoms with Crippen LogP contribution >= 0.6 is 0 Å². The number of benzene rings is 2. The molecule has 0 fully saturated rings. The molecule has 0 radical (unpaired) electrons. The zero-order valence-corrected chi connectivity index (χ0v) is 21.9. The lowest BCUT2D eigenvalue weighted by Gasteiger charge is -2.17. The molecule has 1 amide bonds. The van der Waals surface area contributed by atoms with Crippen LogP contribution in [0.4, 0.5) is 0 Å². The molecule has 2 aliphatic rings. The minimum absolute atomic E-state index is 0.157. The third-order valence-electron chi connectivity index (χ3n) is 6.52. The van der Waals surface area contributed by atoms with E-state index in [9.17, 15) is 24.3 Å². The number of aliphatic hydroxyl groups is 2. The Kier molecular flexibility index (Phi) is 6.72. The summed E-state index contributed by atoms with van der Waals surface area (Å²) in [7, 11) is -1.74. The molecule has 5 rings (SSSR count). The first-order chi connectivity index (χ1) is 18.0. The van der Waals surface area contributed by atoms with Gasteiger partial charge in [0.1, 0.15) is 11.5 Å². The average molecular weight is 537 g/mol. The fraction of sp³-hybridized carbons (Fsp3) is 0.286. The number of nitrogens with one attached hydrogen (secondary N) is 1. The SMILES string of the molecule is Cc1nc(OCCC(C)(C)O)ccc1-c1cccc2c1OC(O)C2c1ccc(C2=CC(=O)NS2=O)c(O)c1.